The van der Waals surface area contributed by atoms with E-state index in [9.17, 15) is 8.42 Å². The third kappa shape index (κ3) is 2.55. The van der Waals surface area contributed by atoms with Crippen molar-refractivity contribution in [2.24, 2.45) is 5.73 Å². The van der Waals surface area contributed by atoms with Crippen molar-refractivity contribution in [2.45, 2.75) is 6.92 Å². The molecule has 1 rings (SSSR count). The second-order valence-corrected chi connectivity index (χ2v) is 5.80. The van der Waals surface area contributed by atoms with Gasteiger partial charge in [0.05, 0.1) is 5.75 Å². The zero-order chi connectivity index (χ0) is 10.8. The van der Waals surface area contributed by atoms with Crippen LogP contribution in [0.15, 0.2) is 0 Å². The van der Waals surface area contributed by atoms with Crippen LogP contribution in [0.4, 0.5) is 0 Å². The predicted molar refractivity (Wildman–Crippen MR) is 59.4 cm³/mol. The van der Waals surface area contributed by atoms with E-state index in [4.69, 9.17) is 18.0 Å². The molecule has 0 radical (unpaired) electrons. The summed E-state index contributed by atoms with van der Waals surface area (Å²) in [6.45, 7) is 3.79. The Kier molecular flexibility index (Phi) is 3.68. The molecule has 0 aromatic carbocycles. The topological polar surface area (TPSA) is 66.6 Å². The molecule has 0 aromatic heterocycles. The molecule has 1 fully saturated rings. The van der Waals surface area contributed by atoms with Gasteiger partial charge in [-0.1, -0.05) is 0 Å². The van der Waals surface area contributed by atoms with E-state index in [0.717, 1.165) is 0 Å². The molecule has 0 spiro atoms. The number of hydrogen-bond acceptors (Lipinski definition) is 3. The summed E-state index contributed by atoms with van der Waals surface area (Å²) in [5.41, 5.74) is 5.44. The summed E-state index contributed by atoms with van der Waals surface area (Å²) in [7, 11) is -3.05. The Morgan fingerprint density at radius 3 is 2.21 bits per heavy atom. The number of piperazine rings is 1. The third-order valence-corrected chi connectivity index (χ3v) is 4.45. The smallest absolute Gasteiger partial charge is 0.213 e. The molecule has 0 bridgehead atoms. The van der Waals surface area contributed by atoms with Gasteiger partial charge in [0, 0.05) is 26.2 Å². The Balaban J connectivity index is 2.56. The number of sulfonamides is 1. The zero-order valence-corrected chi connectivity index (χ0v) is 9.77. The molecule has 1 aliphatic rings. The first-order valence-electron chi connectivity index (χ1n) is 4.49. The summed E-state index contributed by atoms with van der Waals surface area (Å²) >= 11 is 4.81. The molecule has 2 N–H and O–H groups in total. The first kappa shape index (κ1) is 11.7. The molecule has 0 amide bonds. The van der Waals surface area contributed by atoms with Gasteiger partial charge in [-0.2, -0.15) is 4.31 Å². The first-order valence-corrected chi connectivity index (χ1v) is 6.51. The highest BCUT2D eigenvalue weighted by molar-refractivity contribution is 7.89. The van der Waals surface area contributed by atoms with Gasteiger partial charge in [0.15, 0.2) is 5.11 Å². The van der Waals surface area contributed by atoms with Crippen LogP contribution in [0.2, 0.25) is 0 Å². The fourth-order valence-electron chi connectivity index (χ4n) is 1.37. The normalized spacial score (nSPS) is 19.6. The lowest BCUT2D eigenvalue weighted by Crippen LogP contribution is -2.52. The number of nitrogens with zero attached hydrogens (tertiary/aromatic N) is 2. The molecule has 1 heterocycles. The monoisotopic (exact) mass is 237 g/mol. The fourth-order valence-corrected chi connectivity index (χ4v) is 2.64. The van der Waals surface area contributed by atoms with Gasteiger partial charge in [-0.05, 0) is 19.1 Å². The predicted octanol–water partition coefficient (Wildman–Crippen LogP) is -0.803. The highest BCUT2D eigenvalue weighted by Crippen LogP contribution is 2.07. The van der Waals surface area contributed by atoms with E-state index in [-0.39, 0.29) is 5.75 Å². The van der Waals surface area contributed by atoms with E-state index in [1.807, 2.05) is 4.90 Å². The van der Waals surface area contributed by atoms with Crippen LogP contribution in [-0.4, -0.2) is 54.7 Å². The zero-order valence-electron chi connectivity index (χ0n) is 8.14. The fraction of sp³-hybridized carbons (Fsp3) is 0.857. The molecule has 1 aliphatic heterocycles. The van der Waals surface area contributed by atoms with Crippen LogP contribution >= 0.6 is 12.2 Å². The summed E-state index contributed by atoms with van der Waals surface area (Å²) in [5, 5.41) is 0.346. The summed E-state index contributed by atoms with van der Waals surface area (Å²) in [6.07, 6.45) is 0. The summed E-state index contributed by atoms with van der Waals surface area (Å²) in [5.74, 6) is 0.153. The highest BCUT2D eigenvalue weighted by Gasteiger charge is 2.25. The minimum Gasteiger partial charge on any atom is -0.376 e. The lowest BCUT2D eigenvalue weighted by molar-refractivity contribution is 0.267. The van der Waals surface area contributed by atoms with E-state index in [0.29, 0.717) is 31.3 Å². The van der Waals surface area contributed by atoms with Crippen LogP contribution in [0, 0.1) is 0 Å². The first-order chi connectivity index (χ1) is 6.47. The van der Waals surface area contributed by atoms with E-state index < -0.39 is 10.0 Å². The maximum Gasteiger partial charge on any atom is 0.213 e. The molecule has 14 heavy (non-hydrogen) atoms. The molecule has 5 nitrogen and oxygen atoms in total. The molecule has 82 valence electrons. The van der Waals surface area contributed by atoms with Gasteiger partial charge in [0.2, 0.25) is 10.0 Å². The maximum atomic E-state index is 11.5. The molecular weight excluding hydrogens is 222 g/mol. The van der Waals surface area contributed by atoms with Gasteiger partial charge < -0.3 is 10.6 Å². The third-order valence-electron chi connectivity index (χ3n) is 2.31. The average Bonchev–Trinajstić information content (AvgIpc) is 2.18. The summed E-state index contributed by atoms with van der Waals surface area (Å²) in [4.78, 5) is 1.82. The van der Waals surface area contributed by atoms with Crippen molar-refractivity contribution >= 4 is 27.4 Å². The van der Waals surface area contributed by atoms with Crippen LogP contribution in [0.3, 0.4) is 0 Å². The Hall–Kier alpha value is -0.400. The van der Waals surface area contributed by atoms with Crippen molar-refractivity contribution in [2.75, 3.05) is 31.9 Å². The maximum absolute atomic E-state index is 11.5. The SMILES string of the molecule is CCS(=O)(=O)N1CCN(C(N)=S)CC1. The number of thiocarbonyl (C=S) groups is 1. The van der Waals surface area contributed by atoms with Crippen LogP contribution < -0.4 is 5.73 Å². The van der Waals surface area contributed by atoms with Crippen molar-refractivity contribution in [1.29, 1.82) is 0 Å². The van der Waals surface area contributed by atoms with E-state index in [2.05, 4.69) is 0 Å². The summed E-state index contributed by atoms with van der Waals surface area (Å²) < 4.78 is 24.4. The van der Waals surface area contributed by atoms with Gasteiger partial charge >= 0.3 is 0 Å². The quantitative estimate of drug-likeness (QED) is 0.637. The van der Waals surface area contributed by atoms with E-state index >= 15 is 0 Å². The van der Waals surface area contributed by atoms with E-state index in [1.54, 1.807) is 6.92 Å². The van der Waals surface area contributed by atoms with Gasteiger partial charge in [-0.15, -0.1) is 0 Å². The van der Waals surface area contributed by atoms with Crippen LogP contribution in [0.5, 0.6) is 0 Å². The van der Waals surface area contributed by atoms with Crippen LogP contribution in [0.1, 0.15) is 6.92 Å². The Morgan fingerprint density at radius 1 is 1.36 bits per heavy atom. The van der Waals surface area contributed by atoms with E-state index in [1.165, 1.54) is 4.31 Å². The lowest BCUT2D eigenvalue weighted by Gasteiger charge is -2.33. The van der Waals surface area contributed by atoms with Crippen LogP contribution in [0.25, 0.3) is 0 Å². The molecule has 0 aromatic rings. The Bertz CT molecular complexity index is 307. The standard InChI is InChI=1S/C7H15N3O2S2/c1-2-14(11,12)10-5-3-9(4-6-10)7(8)13/h2-6H2,1H3,(H2,8,13). The number of hydrogen-bond donors (Lipinski definition) is 1. The number of rotatable bonds is 2. The van der Waals surface area contributed by atoms with Crippen molar-refractivity contribution in [3.05, 3.63) is 0 Å². The van der Waals surface area contributed by atoms with Crippen molar-refractivity contribution < 1.29 is 8.42 Å². The van der Waals surface area contributed by atoms with Gasteiger partial charge in [-0.3, -0.25) is 0 Å². The van der Waals surface area contributed by atoms with Gasteiger partial charge in [0.25, 0.3) is 0 Å². The van der Waals surface area contributed by atoms with Crippen LogP contribution in [-0.2, 0) is 10.0 Å². The van der Waals surface area contributed by atoms with Crippen molar-refractivity contribution in [3.63, 3.8) is 0 Å². The lowest BCUT2D eigenvalue weighted by atomic mass is 10.4. The summed E-state index contributed by atoms with van der Waals surface area (Å²) in [6, 6.07) is 0. The molecule has 0 aliphatic carbocycles. The Labute approximate surface area is 89.9 Å². The minimum atomic E-state index is -3.05. The molecule has 1 saturated heterocycles. The highest BCUT2D eigenvalue weighted by atomic mass is 32.2. The second-order valence-electron chi connectivity index (χ2n) is 3.12. The number of nitrogens with two attached hydrogens (primary N) is 1. The molecule has 0 atom stereocenters. The van der Waals surface area contributed by atoms with Gasteiger partial charge in [0.1, 0.15) is 0 Å². The molecule has 0 saturated carbocycles. The van der Waals surface area contributed by atoms with Gasteiger partial charge in [-0.25, -0.2) is 8.42 Å². The second kappa shape index (κ2) is 4.41. The Morgan fingerprint density at radius 2 is 1.86 bits per heavy atom. The molecule has 0 unspecified atom stereocenters. The molecular formula is C7H15N3O2S2. The van der Waals surface area contributed by atoms with Crippen molar-refractivity contribution in [3.8, 4) is 0 Å². The largest absolute Gasteiger partial charge is 0.376 e. The minimum absolute atomic E-state index is 0.153. The molecule has 7 heteroatoms. The average molecular weight is 237 g/mol. The van der Waals surface area contributed by atoms with Crippen molar-refractivity contribution in [1.82, 2.24) is 9.21 Å².